The SMILES string of the molecule is C1=Cc2ccccc2OC1.P.P.[Co].[Co].[Ga].[Mo].[Mo]. The number of ether oxygens (including phenoxy) is 1. The molecule has 2 rings (SSSR count). The van der Waals surface area contributed by atoms with Crippen LogP contribution in [0.15, 0.2) is 30.3 Å². The van der Waals surface area contributed by atoms with Crippen LogP contribution in [0.3, 0.4) is 0 Å². The molecule has 1 aromatic rings. The molecular formula is C9H14Co2GaMo2OP2. The van der Waals surface area contributed by atoms with Crippen molar-refractivity contribution in [1.29, 1.82) is 0 Å². The summed E-state index contributed by atoms with van der Waals surface area (Å²) in [5.74, 6) is 0.991. The van der Waals surface area contributed by atoms with E-state index in [1.54, 1.807) is 0 Å². The minimum atomic E-state index is 0. The standard InChI is InChI=1S/C9H8O.2Co.Ga.2Mo.2H3P/c1-2-6-9-8(4-1)5-3-7-10-9;;;;;;;/h1-6H,7H2;;;;;;2*1H3. The average Bonchev–Trinajstić information content (AvgIpc) is 2.05. The quantitative estimate of drug-likeness (QED) is 0.337. The number of benzene rings is 1. The zero-order chi connectivity index (χ0) is 6.81. The molecular weight excluding hydrogens is 566 g/mol. The summed E-state index contributed by atoms with van der Waals surface area (Å²) in [6.45, 7) is 0.705. The molecule has 1 aliphatic heterocycles. The maximum atomic E-state index is 5.34. The third-order valence-corrected chi connectivity index (χ3v) is 1.55. The van der Waals surface area contributed by atoms with Gasteiger partial charge in [0.1, 0.15) is 12.4 Å². The average molecular weight is 580 g/mol. The normalized spacial score (nSPS) is 8.24. The number of hydrogen-bond donors (Lipinski definition) is 0. The van der Waals surface area contributed by atoms with Gasteiger partial charge >= 0.3 is 0 Å². The molecule has 17 heavy (non-hydrogen) atoms. The summed E-state index contributed by atoms with van der Waals surface area (Å²) < 4.78 is 5.34. The largest absolute Gasteiger partial charge is 0.489 e. The molecule has 0 saturated carbocycles. The summed E-state index contributed by atoms with van der Waals surface area (Å²) in [5, 5.41) is 0. The molecule has 8 heteroatoms. The summed E-state index contributed by atoms with van der Waals surface area (Å²) in [7, 11) is 0. The van der Waals surface area contributed by atoms with Crippen LogP contribution in [-0.2, 0) is 75.7 Å². The Kier molecular flexibility index (Phi) is 45.2. The van der Waals surface area contributed by atoms with Crippen molar-refractivity contribution in [2.24, 2.45) is 0 Å². The van der Waals surface area contributed by atoms with Crippen LogP contribution in [0, 0.1) is 0 Å². The van der Waals surface area contributed by atoms with E-state index in [1.807, 2.05) is 30.3 Å². The van der Waals surface area contributed by atoms with Gasteiger partial charge in [-0.15, -0.1) is 0 Å². The third-order valence-electron chi connectivity index (χ3n) is 1.55. The Morgan fingerprint density at radius 1 is 0.941 bits per heavy atom. The predicted octanol–water partition coefficient (Wildman–Crippen LogP) is 1.82. The Morgan fingerprint density at radius 2 is 1.47 bits per heavy atom. The Labute approximate surface area is 172 Å². The van der Waals surface area contributed by atoms with E-state index in [1.165, 1.54) is 5.56 Å². The van der Waals surface area contributed by atoms with Crippen LogP contribution in [0.25, 0.3) is 6.08 Å². The van der Waals surface area contributed by atoms with Gasteiger partial charge in [-0.2, -0.15) is 19.8 Å². The van der Waals surface area contributed by atoms with Crippen LogP contribution in [0.2, 0.25) is 0 Å². The van der Waals surface area contributed by atoms with Gasteiger partial charge in [0.2, 0.25) is 0 Å². The molecule has 1 aliphatic rings. The van der Waals surface area contributed by atoms with Crippen molar-refractivity contribution >= 4 is 45.7 Å². The van der Waals surface area contributed by atoms with Crippen molar-refractivity contribution in [2.45, 2.75) is 0 Å². The smallest absolute Gasteiger partial charge is 0.126 e. The van der Waals surface area contributed by atoms with Crippen molar-refractivity contribution in [3.05, 3.63) is 35.9 Å². The van der Waals surface area contributed by atoms with E-state index < -0.39 is 0 Å². The van der Waals surface area contributed by atoms with Gasteiger partial charge in [0.05, 0.1) is 0 Å². The van der Waals surface area contributed by atoms with E-state index in [0.29, 0.717) is 6.61 Å². The second-order valence-electron chi connectivity index (χ2n) is 2.25. The minimum Gasteiger partial charge on any atom is -0.489 e. The number of fused-ring (bicyclic) bond motifs is 1. The summed E-state index contributed by atoms with van der Waals surface area (Å²) in [4.78, 5) is 0. The fourth-order valence-electron chi connectivity index (χ4n) is 1.06. The van der Waals surface area contributed by atoms with Crippen molar-refractivity contribution in [2.75, 3.05) is 6.61 Å². The van der Waals surface area contributed by atoms with Crippen molar-refractivity contribution in [3.8, 4) is 5.75 Å². The first-order valence-electron chi connectivity index (χ1n) is 3.35. The van der Waals surface area contributed by atoms with Crippen molar-refractivity contribution in [1.82, 2.24) is 0 Å². The number of rotatable bonds is 0. The van der Waals surface area contributed by atoms with E-state index in [4.69, 9.17) is 4.74 Å². The molecule has 1 nitrogen and oxygen atoms in total. The molecule has 0 amide bonds. The topological polar surface area (TPSA) is 9.23 Å². The molecule has 0 fully saturated rings. The van der Waals surface area contributed by atoms with E-state index in [-0.39, 0.29) is 115 Å². The van der Waals surface area contributed by atoms with Crippen LogP contribution in [0.1, 0.15) is 5.56 Å². The second-order valence-corrected chi connectivity index (χ2v) is 2.25. The summed E-state index contributed by atoms with van der Waals surface area (Å²) in [6.07, 6.45) is 4.10. The molecule has 0 aliphatic carbocycles. The second kappa shape index (κ2) is 21.0. The van der Waals surface area contributed by atoms with Crippen LogP contribution in [-0.4, -0.2) is 26.4 Å². The van der Waals surface area contributed by atoms with Gasteiger partial charge in [-0.05, 0) is 12.1 Å². The van der Waals surface area contributed by atoms with Gasteiger partial charge in [-0.25, -0.2) is 0 Å². The van der Waals surface area contributed by atoms with Gasteiger partial charge in [0, 0.05) is 101 Å². The molecule has 0 spiro atoms. The van der Waals surface area contributed by atoms with E-state index in [0.717, 1.165) is 5.75 Å². The van der Waals surface area contributed by atoms with Gasteiger partial charge in [0.25, 0.3) is 0 Å². The zero-order valence-corrected chi connectivity index (χ0v) is 20.4. The zero-order valence-electron chi connectivity index (χ0n) is 9.05. The molecule has 0 saturated heterocycles. The Bertz CT molecular complexity index is 293. The summed E-state index contributed by atoms with van der Waals surface area (Å²) >= 11 is 0. The van der Waals surface area contributed by atoms with Crippen molar-refractivity contribution < 1.29 is 80.4 Å². The Hall–Kier alpha value is 2.65. The fraction of sp³-hybridized carbons (Fsp3) is 0.111. The van der Waals surface area contributed by atoms with Gasteiger partial charge in [-0.3, -0.25) is 0 Å². The molecule has 0 N–H and O–H groups in total. The van der Waals surface area contributed by atoms with Crippen molar-refractivity contribution in [3.63, 3.8) is 0 Å². The molecule has 1 heterocycles. The minimum absolute atomic E-state index is 0. The van der Waals surface area contributed by atoms with Crippen LogP contribution in [0.5, 0.6) is 5.75 Å². The van der Waals surface area contributed by atoms with E-state index in [9.17, 15) is 0 Å². The fourth-order valence-corrected chi connectivity index (χ4v) is 1.06. The molecule has 99 valence electrons. The molecule has 2 unspecified atom stereocenters. The maximum Gasteiger partial charge on any atom is 0.126 e. The molecule has 5 radical (unpaired) electrons. The van der Waals surface area contributed by atoms with Gasteiger partial charge in [-0.1, -0.05) is 24.3 Å². The molecule has 1 aromatic carbocycles. The van der Waals surface area contributed by atoms with E-state index in [2.05, 4.69) is 6.08 Å². The monoisotopic (exact) mass is 583 g/mol. The molecule has 0 aromatic heterocycles. The molecule has 2 atom stereocenters. The summed E-state index contributed by atoms with van der Waals surface area (Å²) in [5.41, 5.74) is 1.17. The Morgan fingerprint density at radius 3 is 2.00 bits per heavy atom. The first-order chi connectivity index (χ1) is 4.97. The number of hydrogen-bond acceptors (Lipinski definition) is 1. The predicted molar refractivity (Wildman–Crippen MR) is 68.9 cm³/mol. The first kappa shape index (κ1) is 36.7. The summed E-state index contributed by atoms with van der Waals surface area (Å²) in [6, 6.07) is 8.03. The maximum absolute atomic E-state index is 5.34. The van der Waals surface area contributed by atoms with Gasteiger partial charge < -0.3 is 4.74 Å². The van der Waals surface area contributed by atoms with Gasteiger partial charge in [0.15, 0.2) is 0 Å². The van der Waals surface area contributed by atoms with Crippen LogP contribution >= 0.6 is 19.8 Å². The van der Waals surface area contributed by atoms with Crippen LogP contribution in [0.4, 0.5) is 0 Å². The van der Waals surface area contributed by atoms with Crippen LogP contribution < -0.4 is 4.74 Å². The Balaban J connectivity index is -0.0000000432. The number of para-hydroxylation sites is 1. The third kappa shape index (κ3) is 12.1. The van der Waals surface area contributed by atoms with E-state index >= 15 is 0 Å². The molecule has 0 bridgehead atoms. The first-order valence-corrected chi connectivity index (χ1v) is 3.35.